The molecule has 0 atom stereocenters. The number of halogens is 3. The van der Waals surface area contributed by atoms with E-state index in [1.54, 1.807) is 18.2 Å². The molecule has 1 fully saturated rings. The van der Waals surface area contributed by atoms with Crippen LogP contribution in [0, 0.1) is 28.9 Å². The van der Waals surface area contributed by atoms with E-state index in [2.05, 4.69) is 15.1 Å². The highest BCUT2D eigenvalue weighted by atomic mass is 19.1. The van der Waals surface area contributed by atoms with Crippen molar-refractivity contribution in [2.24, 2.45) is 0 Å². The summed E-state index contributed by atoms with van der Waals surface area (Å²) in [4.78, 5) is 22.1. The molecule has 1 aromatic carbocycles. The summed E-state index contributed by atoms with van der Waals surface area (Å²) in [5.41, 5.74) is -0.0652. The largest absolute Gasteiger partial charge is 0.365 e. The predicted molar refractivity (Wildman–Crippen MR) is 110 cm³/mol. The van der Waals surface area contributed by atoms with Gasteiger partial charge in [0.1, 0.15) is 17.3 Å². The fraction of sp³-hybridized carbons (Fsp3) is 0.238. The molecule has 0 bridgehead atoms. The van der Waals surface area contributed by atoms with Gasteiger partial charge in [-0.3, -0.25) is 9.69 Å². The third kappa shape index (κ3) is 3.25. The molecule has 162 valence electrons. The number of aromatic nitrogens is 4. The monoisotopic (exact) mass is 439 g/mol. The molecule has 0 spiro atoms. The van der Waals surface area contributed by atoms with Gasteiger partial charge in [0.2, 0.25) is 5.95 Å². The first-order valence-electron chi connectivity index (χ1n) is 9.87. The Balaban J connectivity index is 1.36. The Morgan fingerprint density at radius 3 is 2.59 bits per heavy atom. The second kappa shape index (κ2) is 7.65. The molecule has 11 heteroatoms. The van der Waals surface area contributed by atoms with Gasteiger partial charge in [-0.05, 0) is 18.2 Å². The lowest BCUT2D eigenvalue weighted by molar-refractivity contribution is 0.246. The lowest BCUT2D eigenvalue weighted by atomic mass is 10.1. The molecule has 0 radical (unpaired) electrons. The van der Waals surface area contributed by atoms with E-state index in [9.17, 15) is 13.6 Å². The summed E-state index contributed by atoms with van der Waals surface area (Å²) in [5.74, 6) is -2.06. The number of hydrogen-bond acceptors (Lipinski definition) is 6. The lowest BCUT2D eigenvalue weighted by Gasteiger charge is -2.36. The Bertz CT molecular complexity index is 1450. The average molecular weight is 439 g/mol. The van der Waals surface area contributed by atoms with Gasteiger partial charge in [-0.25, -0.2) is 18.3 Å². The van der Waals surface area contributed by atoms with E-state index in [0.717, 1.165) is 10.7 Å². The van der Waals surface area contributed by atoms with E-state index in [1.165, 1.54) is 12.1 Å². The summed E-state index contributed by atoms with van der Waals surface area (Å²) in [5, 5.41) is 12.7. The number of piperazine rings is 1. The van der Waals surface area contributed by atoms with Gasteiger partial charge in [0, 0.05) is 38.3 Å². The fourth-order valence-electron chi connectivity index (χ4n) is 4.03. The van der Waals surface area contributed by atoms with Crippen LogP contribution >= 0.6 is 0 Å². The molecule has 0 unspecified atom stereocenters. The normalized spacial score (nSPS) is 14.9. The summed E-state index contributed by atoms with van der Waals surface area (Å²) >= 11 is 0. The number of pyridine rings is 1. The van der Waals surface area contributed by atoms with Crippen LogP contribution in [0.25, 0.3) is 16.6 Å². The van der Waals surface area contributed by atoms with E-state index in [1.807, 2.05) is 9.80 Å². The standard InChI is InChI=1S/C21H16F3N7O/c22-14-10-26-31-15-3-1-12(17(23)18(15)28-21(32)19(14)31)11-29-5-7-30(8-6-29)16-4-2-13(9-25)27-20(16)24/h1-4,10H,5-8,11H2,(H,28,32). The molecular formula is C21H16F3N7O. The van der Waals surface area contributed by atoms with Crippen LogP contribution in [0.5, 0.6) is 0 Å². The molecule has 3 aromatic heterocycles. The number of benzene rings is 1. The van der Waals surface area contributed by atoms with Crippen molar-refractivity contribution in [1.82, 2.24) is 24.5 Å². The maximum atomic E-state index is 15.2. The minimum Gasteiger partial charge on any atom is -0.365 e. The van der Waals surface area contributed by atoms with Gasteiger partial charge in [-0.2, -0.15) is 14.8 Å². The number of anilines is 1. The minimum absolute atomic E-state index is 0.0184. The molecule has 0 aliphatic carbocycles. The fourth-order valence-corrected chi connectivity index (χ4v) is 4.03. The van der Waals surface area contributed by atoms with Gasteiger partial charge in [0.25, 0.3) is 5.56 Å². The van der Waals surface area contributed by atoms with Crippen LogP contribution in [0.1, 0.15) is 11.3 Å². The molecular weight excluding hydrogens is 423 g/mol. The second-order valence-electron chi connectivity index (χ2n) is 7.52. The van der Waals surface area contributed by atoms with Crippen molar-refractivity contribution < 1.29 is 13.2 Å². The molecule has 0 saturated carbocycles. The average Bonchev–Trinajstić information content (AvgIpc) is 3.19. The molecule has 1 aliphatic rings. The van der Waals surface area contributed by atoms with Crippen LogP contribution in [-0.4, -0.2) is 50.7 Å². The highest BCUT2D eigenvalue weighted by Crippen LogP contribution is 2.23. The number of aromatic amines is 1. The molecule has 1 aliphatic heterocycles. The van der Waals surface area contributed by atoms with Crippen molar-refractivity contribution in [3.05, 3.63) is 69.7 Å². The Morgan fingerprint density at radius 2 is 1.88 bits per heavy atom. The molecule has 4 aromatic rings. The maximum Gasteiger partial charge on any atom is 0.277 e. The van der Waals surface area contributed by atoms with E-state index < -0.39 is 23.1 Å². The first-order chi connectivity index (χ1) is 15.5. The molecule has 5 rings (SSSR count). The number of hydrogen-bond donors (Lipinski definition) is 1. The van der Waals surface area contributed by atoms with Gasteiger partial charge >= 0.3 is 0 Å². The van der Waals surface area contributed by atoms with Crippen LogP contribution in [0.3, 0.4) is 0 Å². The van der Waals surface area contributed by atoms with Crippen LogP contribution < -0.4 is 10.5 Å². The topological polar surface area (TPSA) is 93.3 Å². The van der Waals surface area contributed by atoms with E-state index >= 15 is 4.39 Å². The smallest absolute Gasteiger partial charge is 0.277 e. The Labute approximate surface area is 179 Å². The summed E-state index contributed by atoms with van der Waals surface area (Å²) < 4.78 is 44.2. The molecule has 0 amide bonds. The molecule has 8 nitrogen and oxygen atoms in total. The highest BCUT2D eigenvalue weighted by molar-refractivity contribution is 5.79. The number of rotatable bonds is 3. The van der Waals surface area contributed by atoms with Gasteiger partial charge in [0.15, 0.2) is 17.2 Å². The minimum atomic E-state index is -0.774. The molecule has 4 heterocycles. The van der Waals surface area contributed by atoms with E-state index in [4.69, 9.17) is 5.26 Å². The van der Waals surface area contributed by atoms with Gasteiger partial charge < -0.3 is 9.88 Å². The van der Waals surface area contributed by atoms with Crippen molar-refractivity contribution in [2.75, 3.05) is 31.1 Å². The summed E-state index contributed by atoms with van der Waals surface area (Å²) in [6.07, 6.45) is 0.918. The molecule has 1 N–H and O–H groups in total. The van der Waals surface area contributed by atoms with Crippen molar-refractivity contribution in [2.45, 2.75) is 6.54 Å². The van der Waals surface area contributed by atoms with E-state index in [-0.39, 0.29) is 28.8 Å². The first kappa shape index (κ1) is 20.0. The Morgan fingerprint density at radius 1 is 1.09 bits per heavy atom. The predicted octanol–water partition coefficient (Wildman–Crippen LogP) is 2.18. The van der Waals surface area contributed by atoms with E-state index in [0.29, 0.717) is 37.4 Å². The number of nitrogens with one attached hydrogen (secondary N) is 1. The number of H-pyrrole nitrogens is 1. The Kier molecular flexibility index (Phi) is 4.79. The van der Waals surface area contributed by atoms with Gasteiger partial charge in [-0.15, -0.1) is 0 Å². The van der Waals surface area contributed by atoms with Crippen molar-refractivity contribution in [3.8, 4) is 6.07 Å². The summed E-state index contributed by atoms with van der Waals surface area (Å²) in [7, 11) is 0. The number of fused-ring (bicyclic) bond motifs is 3. The van der Waals surface area contributed by atoms with Gasteiger partial charge in [-0.1, -0.05) is 6.07 Å². The zero-order valence-corrected chi connectivity index (χ0v) is 16.6. The number of nitriles is 1. The number of nitrogens with zero attached hydrogens (tertiary/aromatic N) is 6. The van der Waals surface area contributed by atoms with Crippen LogP contribution in [0.15, 0.2) is 35.3 Å². The summed E-state index contributed by atoms with van der Waals surface area (Å²) in [6, 6.07) is 8.00. The van der Waals surface area contributed by atoms with Crippen LogP contribution in [-0.2, 0) is 6.54 Å². The molecule has 32 heavy (non-hydrogen) atoms. The quantitative estimate of drug-likeness (QED) is 0.492. The van der Waals surface area contributed by atoms with Crippen LogP contribution in [0.2, 0.25) is 0 Å². The zero-order valence-electron chi connectivity index (χ0n) is 16.6. The SMILES string of the molecule is N#Cc1ccc(N2CCN(Cc3ccc4c([nH]c(=O)c5c(F)cnn54)c3F)CC2)c(F)n1. The van der Waals surface area contributed by atoms with Crippen LogP contribution in [0.4, 0.5) is 18.9 Å². The van der Waals surface area contributed by atoms with Crippen molar-refractivity contribution >= 4 is 22.2 Å². The Hall–Kier alpha value is -3.91. The zero-order chi connectivity index (χ0) is 22.4. The molecule has 1 saturated heterocycles. The van der Waals surface area contributed by atoms with Crippen molar-refractivity contribution in [3.63, 3.8) is 0 Å². The maximum absolute atomic E-state index is 15.2. The van der Waals surface area contributed by atoms with Crippen molar-refractivity contribution in [1.29, 1.82) is 5.26 Å². The summed E-state index contributed by atoms with van der Waals surface area (Å²) in [6.45, 7) is 2.40. The van der Waals surface area contributed by atoms with Gasteiger partial charge in [0.05, 0.1) is 17.4 Å². The third-order valence-corrected chi connectivity index (χ3v) is 5.66. The highest BCUT2D eigenvalue weighted by Gasteiger charge is 2.22. The second-order valence-corrected chi connectivity index (χ2v) is 7.52. The third-order valence-electron chi connectivity index (χ3n) is 5.66. The lowest BCUT2D eigenvalue weighted by Crippen LogP contribution is -2.46. The first-order valence-corrected chi connectivity index (χ1v) is 9.87.